The van der Waals surface area contributed by atoms with Gasteiger partial charge in [-0.2, -0.15) is 0 Å². The Balaban J connectivity index is 1.64. The minimum atomic E-state index is -0.263. The predicted molar refractivity (Wildman–Crippen MR) is 56.4 cm³/mol. The van der Waals surface area contributed by atoms with Crippen LogP contribution in [0.3, 0.4) is 0 Å². The van der Waals surface area contributed by atoms with Gasteiger partial charge in [-0.1, -0.05) is 5.16 Å². The van der Waals surface area contributed by atoms with Crippen LogP contribution in [-0.4, -0.2) is 29.9 Å². The zero-order valence-corrected chi connectivity index (χ0v) is 9.45. The smallest absolute Gasteiger partial charge is 0.175 e. The third kappa shape index (κ3) is 0.557. The van der Waals surface area contributed by atoms with Gasteiger partial charge in [-0.25, -0.2) is 0 Å². The normalized spacial score (nSPS) is 68.8. The van der Waals surface area contributed by atoms with Crippen LogP contribution in [0, 0.1) is 47.3 Å². The second kappa shape index (κ2) is 2.16. The molecule has 1 saturated heterocycles. The third-order valence-electron chi connectivity index (χ3n) is 6.97. The lowest BCUT2D eigenvalue weighted by Crippen LogP contribution is -2.58. The van der Waals surface area contributed by atoms with E-state index < -0.39 is 0 Å². The first-order valence-corrected chi connectivity index (χ1v) is 6.88. The average molecular weight is 233 g/mol. The molecule has 0 amide bonds. The van der Waals surface area contributed by atoms with E-state index in [-0.39, 0.29) is 5.79 Å². The second-order valence-electron chi connectivity index (χ2n) is 6.76. The molecule has 4 heteroatoms. The highest BCUT2D eigenvalue weighted by Crippen LogP contribution is 2.85. The summed E-state index contributed by atoms with van der Waals surface area (Å²) in [6, 6.07) is 0. The Morgan fingerprint density at radius 2 is 1.88 bits per heavy atom. The Bertz CT molecular complexity index is 469. The summed E-state index contributed by atoms with van der Waals surface area (Å²) in [5.74, 6) is 4.94. The molecule has 1 heterocycles. The highest BCUT2D eigenvalue weighted by Gasteiger charge is 2.88. The molecule has 6 rings (SSSR count). The lowest BCUT2D eigenvalue weighted by molar-refractivity contribution is -0.241. The van der Waals surface area contributed by atoms with Crippen molar-refractivity contribution in [1.29, 1.82) is 0 Å². The van der Waals surface area contributed by atoms with E-state index in [1.165, 1.54) is 6.42 Å². The van der Waals surface area contributed by atoms with Crippen molar-refractivity contribution in [3.05, 3.63) is 0 Å². The highest BCUT2D eigenvalue weighted by molar-refractivity contribution is 5.96. The minimum Gasteiger partial charge on any atom is -0.411 e. The Kier molecular flexibility index (Phi) is 1.08. The first-order chi connectivity index (χ1) is 8.38. The average Bonchev–Trinajstić information content (AvgIpc) is 2.95. The van der Waals surface area contributed by atoms with E-state index in [0.29, 0.717) is 23.7 Å². The molecule has 1 spiro atoms. The molecule has 5 aliphatic carbocycles. The summed E-state index contributed by atoms with van der Waals surface area (Å²) < 4.78 is 12.2. The largest absolute Gasteiger partial charge is 0.411 e. The van der Waals surface area contributed by atoms with Gasteiger partial charge in [-0.05, 0) is 30.1 Å². The Hall–Kier alpha value is -0.610. The Morgan fingerprint density at radius 1 is 1.06 bits per heavy atom. The van der Waals surface area contributed by atoms with Crippen LogP contribution in [0.1, 0.15) is 6.42 Å². The monoisotopic (exact) mass is 233 g/mol. The van der Waals surface area contributed by atoms with Crippen molar-refractivity contribution in [2.75, 3.05) is 13.2 Å². The molecule has 0 aromatic carbocycles. The van der Waals surface area contributed by atoms with Crippen LogP contribution in [-0.2, 0) is 9.47 Å². The zero-order valence-electron chi connectivity index (χ0n) is 9.45. The number of fused-ring (bicyclic) bond motifs is 4. The van der Waals surface area contributed by atoms with E-state index >= 15 is 0 Å². The maximum Gasteiger partial charge on any atom is 0.175 e. The number of hydrogen-bond donors (Lipinski definition) is 1. The predicted octanol–water partition coefficient (Wildman–Crippen LogP) is 0.947. The fourth-order valence-electron chi connectivity index (χ4n) is 7.11. The molecule has 1 aliphatic heterocycles. The summed E-state index contributed by atoms with van der Waals surface area (Å²) in [7, 11) is 0. The summed E-state index contributed by atoms with van der Waals surface area (Å²) in [4.78, 5) is 0. The molecule has 5 saturated carbocycles. The minimum absolute atomic E-state index is 0.263. The van der Waals surface area contributed by atoms with E-state index in [0.717, 1.165) is 42.6 Å². The molecule has 8 atom stereocenters. The van der Waals surface area contributed by atoms with Crippen molar-refractivity contribution in [1.82, 2.24) is 0 Å². The molecule has 17 heavy (non-hydrogen) atoms. The van der Waals surface area contributed by atoms with Gasteiger partial charge >= 0.3 is 0 Å². The number of hydrogen-bond acceptors (Lipinski definition) is 4. The van der Waals surface area contributed by atoms with E-state index in [1.54, 1.807) is 0 Å². The fourth-order valence-corrected chi connectivity index (χ4v) is 7.11. The molecule has 0 radical (unpaired) electrons. The van der Waals surface area contributed by atoms with Crippen LogP contribution in [0.15, 0.2) is 5.16 Å². The van der Waals surface area contributed by atoms with E-state index in [1.807, 2.05) is 0 Å². The lowest BCUT2D eigenvalue weighted by atomic mass is 9.58. The summed E-state index contributed by atoms with van der Waals surface area (Å²) in [6.07, 6.45) is 1.34. The van der Waals surface area contributed by atoms with Gasteiger partial charge in [0.05, 0.1) is 18.9 Å². The Morgan fingerprint density at radius 3 is 2.65 bits per heavy atom. The van der Waals surface area contributed by atoms with Crippen molar-refractivity contribution in [2.24, 2.45) is 52.5 Å². The zero-order chi connectivity index (χ0) is 10.9. The number of ether oxygens (including phenoxy) is 2. The van der Waals surface area contributed by atoms with Crippen molar-refractivity contribution in [2.45, 2.75) is 12.2 Å². The maximum atomic E-state index is 9.32. The van der Waals surface area contributed by atoms with Gasteiger partial charge in [0.15, 0.2) is 5.79 Å². The molecule has 6 fully saturated rings. The van der Waals surface area contributed by atoms with Gasteiger partial charge in [0.1, 0.15) is 0 Å². The van der Waals surface area contributed by atoms with Gasteiger partial charge < -0.3 is 14.7 Å². The quantitative estimate of drug-likeness (QED) is 0.500. The molecular formula is C13H15NO3. The highest BCUT2D eigenvalue weighted by atomic mass is 16.7. The summed E-state index contributed by atoms with van der Waals surface area (Å²) in [5, 5.41) is 13.0. The summed E-state index contributed by atoms with van der Waals surface area (Å²) in [6.45, 7) is 1.51. The van der Waals surface area contributed by atoms with Crippen LogP contribution >= 0.6 is 0 Å². The molecule has 90 valence electrons. The second-order valence-corrected chi connectivity index (χ2v) is 6.76. The topological polar surface area (TPSA) is 51.1 Å². The standard InChI is InChI=1S/C13H15NO3/c15-14-12-8-4-3-5-7-6(4)9(12)11(7)13(10(5)8)16-1-2-17-13/h4-11,15H,1-3H2/t4-,5-,6+,7+,8+,9+,10-,11+/m0/s1. The first-order valence-electron chi connectivity index (χ1n) is 6.88. The fraction of sp³-hybridized carbons (Fsp3) is 0.923. The van der Waals surface area contributed by atoms with Crippen LogP contribution in [0.4, 0.5) is 0 Å². The van der Waals surface area contributed by atoms with Crippen LogP contribution in [0.25, 0.3) is 0 Å². The van der Waals surface area contributed by atoms with E-state index in [2.05, 4.69) is 5.16 Å². The van der Waals surface area contributed by atoms with Gasteiger partial charge in [0.25, 0.3) is 0 Å². The number of oxime groups is 1. The van der Waals surface area contributed by atoms with Crippen LogP contribution in [0.5, 0.6) is 0 Å². The van der Waals surface area contributed by atoms with Crippen LogP contribution in [0.2, 0.25) is 0 Å². The molecule has 2 bridgehead atoms. The molecular weight excluding hydrogens is 218 g/mol. The van der Waals surface area contributed by atoms with Gasteiger partial charge in [-0.3, -0.25) is 0 Å². The molecule has 0 aromatic heterocycles. The SMILES string of the molecule is ON=C1[C@@H]2[C@H]3C[C@H]4[C@@H]5[C@@H]3[C@@H]1[C@@H]5C1(OCCO1)[C@@H]42. The lowest BCUT2D eigenvalue weighted by Gasteiger charge is -2.50. The maximum absolute atomic E-state index is 9.32. The van der Waals surface area contributed by atoms with Crippen molar-refractivity contribution in [3.63, 3.8) is 0 Å². The van der Waals surface area contributed by atoms with Gasteiger partial charge in [0.2, 0.25) is 0 Å². The first kappa shape index (κ1) is 8.48. The van der Waals surface area contributed by atoms with Gasteiger partial charge in [0, 0.05) is 23.7 Å². The molecule has 4 nitrogen and oxygen atoms in total. The molecule has 0 unspecified atom stereocenters. The molecule has 1 N–H and O–H groups in total. The van der Waals surface area contributed by atoms with Crippen LogP contribution < -0.4 is 0 Å². The number of rotatable bonds is 0. The third-order valence-corrected chi connectivity index (χ3v) is 6.97. The van der Waals surface area contributed by atoms with E-state index in [4.69, 9.17) is 9.47 Å². The Labute approximate surface area is 99.0 Å². The van der Waals surface area contributed by atoms with Crippen molar-refractivity contribution >= 4 is 5.71 Å². The number of nitrogens with zero attached hydrogens (tertiary/aromatic N) is 1. The summed E-state index contributed by atoms with van der Waals surface area (Å²) in [5.41, 5.74) is 1.11. The molecule has 6 aliphatic rings. The van der Waals surface area contributed by atoms with Crippen molar-refractivity contribution < 1.29 is 14.7 Å². The summed E-state index contributed by atoms with van der Waals surface area (Å²) >= 11 is 0. The van der Waals surface area contributed by atoms with E-state index in [9.17, 15) is 5.21 Å². The molecule has 0 aromatic rings. The van der Waals surface area contributed by atoms with Gasteiger partial charge in [-0.15, -0.1) is 0 Å². The van der Waals surface area contributed by atoms with Crippen molar-refractivity contribution in [3.8, 4) is 0 Å².